The summed E-state index contributed by atoms with van der Waals surface area (Å²) < 4.78 is 11.6. The van der Waals surface area contributed by atoms with Crippen LogP contribution in [0.4, 0.5) is 0 Å². The lowest BCUT2D eigenvalue weighted by Gasteiger charge is -2.29. The molecule has 1 aliphatic heterocycles. The molecule has 0 unspecified atom stereocenters. The molecule has 1 aliphatic rings. The first-order valence-electron chi connectivity index (χ1n) is 6.80. The molecular weight excluding hydrogens is 242 g/mol. The summed E-state index contributed by atoms with van der Waals surface area (Å²) in [6, 6.07) is 5.33. The van der Waals surface area contributed by atoms with Crippen molar-refractivity contribution >= 4 is 6.29 Å². The van der Waals surface area contributed by atoms with Crippen molar-refractivity contribution in [3.8, 4) is 11.5 Å². The highest BCUT2D eigenvalue weighted by atomic mass is 16.5. The number of nitrogens with zero attached hydrogens (tertiary/aromatic N) is 1. The highest BCUT2D eigenvalue weighted by molar-refractivity contribution is 5.76. The molecule has 0 N–H and O–H groups in total. The highest BCUT2D eigenvalue weighted by Crippen LogP contribution is 2.30. The molecule has 0 saturated carbocycles. The molecule has 1 saturated heterocycles. The molecular formula is C15H21NO3. The molecule has 0 aliphatic carbocycles. The van der Waals surface area contributed by atoms with Crippen LogP contribution >= 0.6 is 0 Å². The summed E-state index contributed by atoms with van der Waals surface area (Å²) >= 11 is 0. The zero-order valence-electron chi connectivity index (χ0n) is 11.6. The largest absolute Gasteiger partial charge is 0.490 e. The minimum Gasteiger partial charge on any atom is -0.490 e. The first-order chi connectivity index (χ1) is 9.22. The molecule has 104 valence electrons. The predicted octanol–water partition coefficient (Wildman–Crippen LogP) is 2.37. The zero-order chi connectivity index (χ0) is 13.7. The van der Waals surface area contributed by atoms with Gasteiger partial charge in [-0.25, -0.2) is 0 Å². The summed E-state index contributed by atoms with van der Waals surface area (Å²) in [7, 11) is 2.13. The standard InChI is InChI=1S/C15H21NO3/c1-3-18-15-10-12(11-17)4-5-14(15)19-13-6-8-16(2)9-7-13/h4-5,10-11,13H,3,6-9H2,1-2H3. The Morgan fingerprint density at radius 1 is 1.32 bits per heavy atom. The lowest BCUT2D eigenvalue weighted by atomic mass is 10.1. The first-order valence-corrected chi connectivity index (χ1v) is 6.80. The van der Waals surface area contributed by atoms with Gasteiger partial charge in [0.1, 0.15) is 12.4 Å². The Morgan fingerprint density at radius 2 is 2.05 bits per heavy atom. The van der Waals surface area contributed by atoms with Gasteiger partial charge in [-0.15, -0.1) is 0 Å². The summed E-state index contributed by atoms with van der Waals surface area (Å²) in [5.74, 6) is 1.40. The number of likely N-dealkylation sites (tertiary alicyclic amines) is 1. The van der Waals surface area contributed by atoms with Gasteiger partial charge in [-0.3, -0.25) is 4.79 Å². The maximum Gasteiger partial charge on any atom is 0.161 e. The fourth-order valence-electron chi connectivity index (χ4n) is 2.25. The summed E-state index contributed by atoms with van der Waals surface area (Å²) in [5, 5.41) is 0. The second-order valence-corrected chi connectivity index (χ2v) is 4.88. The fourth-order valence-corrected chi connectivity index (χ4v) is 2.25. The number of ether oxygens (including phenoxy) is 2. The average Bonchev–Trinajstić information content (AvgIpc) is 2.43. The van der Waals surface area contributed by atoms with Crippen molar-refractivity contribution in [1.29, 1.82) is 0 Å². The van der Waals surface area contributed by atoms with Gasteiger partial charge in [-0.1, -0.05) is 0 Å². The van der Waals surface area contributed by atoms with E-state index in [1.165, 1.54) is 0 Å². The van der Waals surface area contributed by atoms with Gasteiger partial charge in [-0.2, -0.15) is 0 Å². The third kappa shape index (κ3) is 3.70. The Hall–Kier alpha value is -1.55. The van der Waals surface area contributed by atoms with Crippen LogP contribution in [0.5, 0.6) is 11.5 Å². The zero-order valence-corrected chi connectivity index (χ0v) is 11.6. The van der Waals surface area contributed by atoms with Gasteiger partial charge >= 0.3 is 0 Å². The van der Waals surface area contributed by atoms with Crippen molar-refractivity contribution in [3.05, 3.63) is 23.8 Å². The van der Waals surface area contributed by atoms with E-state index in [4.69, 9.17) is 9.47 Å². The number of benzene rings is 1. The summed E-state index contributed by atoms with van der Waals surface area (Å²) in [5.41, 5.74) is 0.610. The van der Waals surface area contributed by atoms with E-state index >= 15 is 0 Å². The molecule has 0 bridgehead atoms. The molecule has 1 heterocycles. The fraction of sp³-hybridized carbons (Fsp3) is 0.533. The molecule has 1 aromatic rings. The van der Waals surface area contributed by atoms with Gasteiger partial charge in [0.15, 0.2) is 11.5 Å². The first kappa shape index (κ1) is 13.9. The van der Waals surface area contributed by atoms with Gasteiger partial charge in [0.2, 0.25) is 0 Å². The van der Waals surface area contributed by atoms with E-state index in [-0.39, 0.29) is 6.10 Å². The molecule has 2 rings (SSSR count). The molecule has 4 nitrogen and oxygen atoms in total. The number of aldehydes is 1. The van der Waals surface area contributed by atoms with Crippen LogP contribution in [-0.4, -0.2) is 44.0 Å². The topological polar surface area (TPSA) is 38.8 Å². The lowest BCUT2D eigenvalue weighted by molar-refractivity contribution is 0.109. The van der Waals surface area contributed by atoms with Crippen molar-refractivity contribution < 1.29 is 14.3 Å². The van der Waals surface area contributed by atoms with Crippen LogP contribution in [0.25, 0.3) is 0 Å². The number of piperidine rings is 1. The van der Waals surface area contributed by atoms with Crippen molar-refractivity contribution in [1.82, 2.24) is 4.90 Å². The van der Waals surface area contributed by atoms with Crippen LogP contribution in [0.15, 0.2) is 18.2 Å². The molecule has 1 fully saturated rings. The van der Waals surface area contributed by atoms with Crippen LogP contribution in [0.2, 0.25) is 0 Å². The Labute approximate surface area is 114 Å². The quantitative estimate of drug-likeness (QED) is 0.765. The van der Waals surface area contributed by atoms with Gasteiger partial charge in [-0.05, 0) is 45.0 Å². The summed E-state index contributed by atoms with van der Waals surface area (Å²) in [4.78, 5) is 13.1. The van der Waals surface area contributed by atoms with E-state index in [0.717, 1.165) is 38.0 Å². The van der Waals surface area contributed by atoms with E-state index in [0.29, 0.717) is 17.9 Å². The predicted molar refractivity (Wildman–Crippen MR) is 74.1 cm³/mol. The second kappa shape index (κ2) is 6.57. The molecule has 0 aromatic heterocycles. The van der Waals surface area contributed by atoms with E-state index in [1.54, 1.807) is 12.1 Å². The maximum atomic E-state index is 10.8. The maximum absolute atomic E-state index is 10.8. The molecule has 19 heavy (non-hydrogen) atoms. The van der Waals surface area contributed by atoms with Crippen molar-refractivity contribution in [2.45, 2.75) is 25.9 Å². The average molecular weight is 263 g/mol. The molecule has 4 heteroatoms. The van der Waals surface area contributed by atoms with E-state index in [2.05, 4.69) is 11.9 Å². The Morgan fingerprint density at radius 3 is 2.68 bits per heavy atom. The van der Waals surface area contributed by atoms with Crippen LogP contribution in [0.1, 0.15) is 30.1 Å². The van der Waals surface area contributed by atoms with E-state index in [1.807, 2.05) is 13.0 Å². The smallest absolute Gasteiger partial charge is 0.161 e. The summed E-state index contributed by atoms with van der Waals surface area (Å²) in [6.07, 6.45) is 3.11. The molecule has 0 atom stereocenters. The minimum absolute atomic E-state index is 0.234. The number of hydrogen-bond acceptors (Lipinski definition) is 4. The van der Waals surface area contributed by atoms with Crippen molar-refractivity contribution in [2.24, 2.45) is 0 Å². The number of rotatable bonds is 5. The van der Waals surface area contributed by atoms with Gasteiger partial charge in [0.05, 0.1) is 6.61 Å². The molecule has 0 amide bonds. The van der Waals surface area contributed by atoms with Crippen molar-refractivity contribution in [3.63, 3.8) is 0 Å². The third-order valence-corrected chi connectivity index (χ3v) is 3.36. The van der Waals surface area contributed by atoms with Crippen LogP contribution in [-0.2, 0) is 0 Å². The number of carbonyl (C=O) groups is 1. The normalized spacial score (nSPS) is 17.2. The molecule has 0 spiro atoms. The highest BCUT2D eigenvalue weighted by Gasteiger charge is 2.19. The Balaban J connectivity index is 2.08. The van der Waals surface area contributed by atoms with Crippen LogP contribution < -0.4 is 9.47 Å². The Bertz CT molecular complexity index is 425. The summed E-state index contributed by atoms with van der Waals surface area (Å²) in [6.45, 7) is 4.60. The molecule has 0 radical (unpaired) electrons. The van der Waals surface area contributed by atoms with E-state index in [9.17, 15) is 4.79 Å². The SMILES string of the molecule is CCOc1cc(C=O)ccc1OC1CCN(C)CC1. The minimum atomic E-state index is 0.234. The van der Waals surface area contributed by atoms with Crippen molar-refractivity contribution in [2.75, 3.05) is 26.7 Å². The third-order valence-electron chi connectivity index (χ3n) is 3.36. The Kier molecular flexibility index (Phi) is 4.80. The molecule has 1 aromatic carbocycles. The van der Waals surface area contributed by atoms with E-state index < -0.39 is 0 Å². The monoisotopic (exact) mass is 263 g/mol. The number of carbonyl (C=O) groups excluding carboxylic acids is 1. The van der Waals surface area contributed by atoms with Crippen LogP contribution in [0.3, 0.4) is 0 Å². The lowest BCUT2D eigenvalue weighted by Crippen LogP contribution is -2.35. The second-order valence-electron chi connectivity index (χ2n) is 4.88. The number of hydrogen-bond donors (Lipinski definition) is 0. The van der Waals surface area contributed by atoms with Gasteiger partial charge in [0, 0.05) is 18.7 Å². The van der Waals surface area contributed by atoms with Gasteiger partial charge in [0.25, 0.3) is 0 Å². The van der Waals surface area contributed by atoms with Crippen LogP contribution in [0, 0.1) is 0 Å². The van der Waals surface area contributed by atoms with Gasteiger partial charge < -0.3 is 14.4 Å².